The monoisotopic (exact) mass is 539 g/mol. The number of carbonyl (C=O) groups excluding carboxylic acids is 1. The SMILES string of the molecule is C[C@@](CCn1cnc2cc(-c3ccc(CCBr)cc3F)ccc2c1=O)(C(=O)NO)S(C)(=O)=O. The van der Waals surface area contributed by atoms with E-state index in [9.17, 15) is 22.4 Å². The van der Waals surface area contributed by atoms with Crippen LogP contribution in [-0.2, 0) is 27.6 Å². The average molecular weight is 540 g/mol. The van der Waals surface area contributed by atoms with E-state index in [0.717, 1.165) is 17.1 Å². The molecule has 1 heterocycles. The normalized spacial score (nSPS) is 13.6. The van der Waals surface area contributed by atoms with Gasteiger partial charge >= 0.3 is 0 Å². The van der Waals surface area contributed by atoms with Crippen LogP contribution in [0.4, 0.5) is 4.39 Å². The summed E-state index contributed by atoms with van der Waals surface area (Å²) >= 11 is 3.33. The van der Waals surface area contributed by atoms with Crippen molar-refractivity contribution < 1.29 is 22.8 Å². The molecule has 2 aromatic carbocycles. The second-order valence-corrected chi connectivity index (χ2v) is 11.2. The summed E-state index contributed by atoms with van der Waals surface area (Å²) in [6.45, 7) is 1.06. The molecule has 2 N–H and O–H groups in total. The lowest BCUT2D eigenvalue weighted by Crippen LogP contribution is -2.50. The molecule has 0 fully saturated rings. The number of hydrogen-bond acceptors (Lipinski definition) is 6. The molecule has 0 saturated carbocycles. The highest BCUT2D eigenvalue weighted by Gasteiger charge is 2.43. The Kier molecular flexibility index (Phi) is 7.35. The van der Waals surface area contributed by atoms with Crippen LogP contribution < -0.4 is 11.0 Å². The van der Waals surface area contributed by atoms with Gasteiger partial charge in [0.1, 0.15) is 5.82 Å². The number of halogens is 2. The van der Waals surface area contributed by atoms with Gasteiger partial charge in [-0.2, -0.15) is 0 Å². The molecule has 8 nitrogen and oxygen atoms in total. The molecular weight excluding hydrogens is 517 g/mol. The third-order valence-electron chi connectivity index (χ3n) is 5.78. The van der Waals surface area contributed by atoms with Crippen LogP contribution in [0, 0.1) is 5.82 Å². The number of sulfone groups is 1. The van der Waals surface area contributed by atoms with Crippen LogP contribution in [0.15, 0.2) is 47.5 Å². The lowest BCUT2D eigenvalue weighted by molar-refractivity contribution is -0.131. The van der Waals surface area contributed by atoms with Gasteiger partial charge in [0, 0.05) is 23.7 Å². The number of nitrogens with zero attached hydrogens (tertiary/aromatic N) is 2. The summed E-state index contributed by atoms with van der Waals surface area (Å²) in [5, 5.41) is 9.93. The number of rotatable bonds is 8. The molecule has 11 heteroatoms. The number of aryl methyl sites for hydroxylation is 2. The van der Waals surface area contributed by atoms with Crippen molar-refractivity contribution in [3.63, 3.8) is 0 Å². The molecule has 1 amide bonds. The highest BCUT2D eigenvalue weighted by molar-refractivity contribution is 9.09. The number of hydroxylamine groups is 1. The minimum Gasteiger partial charge on any atom is -0.299 e. The minimum absolute atomic E-state index is 0.121. The van der Waals surface area contributed by atoms with Crippen LogP contribution in [0.25, 0.3) is 22.0 Å². The summed E-state index contributed by atoms with van der Waals surface area (Å²) in [6.07, 6.45) is 2.59. The fraction of sp³-hybridized carbons (Fsp3) is 0.318. The summed E-state index contributed by atoms with van der Waals surface area (Å²) in [6, 6.07) is 9.79. The maximum absolute atomic E-state index is 14.6. The number of fused-ring (bicyclic) bond motifs is 1. The van der Waals surface area contributed by atoms with E-state index in [-0.39, 0.29) is 24.2 Å². The summed E-state index contributed by atoms with van der Waals surface area (Å²) in [4.78, 5) is 29.2. The summed E-state index contributed by atoms with van der Waals surface area (Å²) in [5.41, 5.74) is 3.13. The maximum atomic E-state index is 14.6. The topological polar surface area (TPSA) is 118 Å². The largest absolute Gasteiger partial charge is 0.299 e. The van der Waals surface area contributed by atoms with Crippen molar-refractivity contribution in [3.05, 3.63) is 64.5 Å². The van der Waals surface area contributed by atoms with Crippen LogP contribution >= 0.6 is 15.9 Å². The Morgan fingerprint density at radius 3 is 2.61 bits per heavy atom. The summed E-state index contributed by atoms with van der Waals surface area (Å²) in [5.74, 6) is -1.45. The Morgan fingerprint density at radius 2 is 2.00 bits per heavy atom. The van der Waals surface area contributed by atoms with Gasteiger partial charge in [-0.05, 0) is 49.1 Å². The third-order valence-corrected chi connectivity index (χ3v) is 8.21. The number of carbonyl (C=O) groups is 1. The minimum atomic E-state index is -3.89. The summed E-state index contributed by atoms with van der Waals surface area (Å²) < 4.78 is 38.1. The quantitative estimate of drug-likeness (QED) is 0.258. The van der Waals surface area contributed by atoms with Crippen LogP contribution in [0.2, 0.25) is 0 Å². The van der Waals surface area contributed by atoms with Crippen LogP contribution in [0.1, 0.15) is 18.9 Å². The second-order valence-electron chi connectivity index (χ2n) is 7.92. The predicted octanol–water partition coefficient (Wildman–Crippen LogP) is 2.84. The number of aromatic nitrogens is 2. The van der Waals surface area contributed by atoms with Gasteiger partial charge in [-0.15, -0.1) is 0 Å². The molecule has 0 aliphatic carbocycles. The molecule has 1 atom stereocenters. The van der Waals surface area contributed by atoms with E-state index in [0.29, 0.717) is 23.1 Å². The van der Waals surface area contributed by atoms with Gasteiger partial charge in [-0.3, -0.25) is 19.4 Å². The van der Waals surface area contributed by atoms with Gasteiger partial charge in [0.2, 0.25) is 0 Å². The zero-order valence-electron chi connectivity index (χ0n) is 18.0. The van der Waals surface area contributed by atoms with Crippen molar-refractivity contribution in [1.29, 1.82) is 0 Å². The van der Waals surface area contributed by atoms with Crippen molar-refractivity contribution in [1.82, 2.24) is 15.0 Å². The van der Waals surface area contributed by atoms with Crippen LogP contribution in [0.5, 0.6) is 0 Å². The Morgan fingerprint density at radius 1 is 1.27 bits per heavy atom. The first-order valence-electron chi connectivity index (χ1n) is 10.00. The van der Waals surface area contributed by atoms with Gasteiger partial charge in [0.05, 0.1) is 17.2 Å². The first-order valence-corrected chi connectivity index (χ1v) is 13.0. The fourth-order valence-electron chi connectivity index (χ4n) is 3.46. The van der Waals surface area contributed by atoms with E-state index < -0.39 is 26.1 Å². The Balaban J connectivity index is 1.94. The maximum Gasteiger partial charge on any atom is 0.264 e. The van der Waals surface area contributed by atoms with Gasteiger partial charge in [-0.1, -0.05) is 34.1 Å². The molecule has 0 bridgehead atoms. The lowest BCUT2D eigenvalue weighted by Gasteiger charge is -2.25. The number of amides is 1. The zero-order valence-corrected chi connectivity index (χ0v) is 20.4. The highest BCUT2D eigenvalue weighted by Crippen LogP contribution is 2.26. The molecule has 176 valence electrons. The molecule has 0 radical (unpaired) electrons. The van der Waals surface area contributed by atoms with E-state index >= 15 is 0 Å². The molecule has 33 heavy (non-hydrogen) atoms. The van der Waals surface area contributed by atoms with Gasteiger partial charge in [0.15, 0.2) is 14.6 Å². The third kappa shape index (κ3) is 4.99. The molecule has 0 aliphatic heterocycles. The van der Waals surface area contributed by atoms with Crippen molar-refractivity contribution in [2.24, 2.45) is 0 Å². The van der Waals surface area contributed by atoms with Gasteiger partial charge in [-0.25, -0.2) is 23.3 Å². The molecular formula is C22H23BrFN3O5S. The predicted molar refractivity (Wildman–Crippen MR) is 127 cm³/mol. The van der Waals surface area contributed by atoms with Gasteiger partial charge < -0.3 is 0 Å². The molecule has 0 aliphatic rings. The van der Waals surface area contributed by atoms with E-state index in [2.05, 4.69) is 20.9 Å². The Hall–Kier alpha value is -2.63. The number of benzene rings is 2. The zero-order chi connectivity index (χ0) is 24.4. The van der Waals surface area contributed by atoms with Crippen molar-refractivity contribution >= 4 is 42.6 Å². The smallest absolute Gasteiger partial charge is 0.264 e. The highest BCUT2D eigenvalue weighted by atomic mass is 79.9. The number of hydrogen-bond donors (Lipinski definition) is 2. The van der Waals surface area contributed by atoms with Crippen molar-refractivity contribution in [2.75, 3.05) is 11.6 Å². The summed E-state index contributed by atoms with van der Waals surface area (Å²) in [7, 11) is -3.89. The van der Waals surface area contributed by atoms with Gasteiger partial charge in [0.25, 0.3) is 11.5 Å². The standard InChI is InChI=1S/C22H23BrFN3O5S/c1-22(21(29)26-30,33(2,31)32)8-10-27-13-25-19-12-15(4-6-17(19)20(27)28)16-5-3-14(7-9-23)11-18(16)24/h3-6,11-13,30H,7-10H2,1-2H3,(H,26,29)/t22-/m1/s1. The van der Waals surface area contributed by atoms with E-state index in [1.54, 1.807) is 24.3 Å². The van der Waals surface area contributed by atoms with E-state index in [1.807, 2.05) is 6.07 Å². The average Bonchev–Trinajstić information content (AvgIpc) is 2.77. The fourth-order valence-corrected chi connectivity index (χ4v) is 4.76. The molecule has 0 unspecified atom stereocenters. The number of nitrogens with one attached hydrogen (secondary N) is 1. The van der Waals surface area contributed by atoms with E-state index in [4.69, 9.17) is 5.21 Å². The Bertz CT molecular complexity index is 1380. The molecule has 0 saturated heterocycles. The first-order chi connectivity index (χ1) is 15.5. The molecule has 3 rings (SSSR count). The van der Waals surface area contributed by atoms with Crippen molar-refractivity contribution in [3.8, 4) is 11.1 Å². The number of alkyl halides is 1. The molecule has 1 aromatic heterocycles. The van der Waals surface area contributed by atoms with Crippen LogP contribution in [0.3, 0.4) is 0 Å². The Labute approximate surface area is 198 Å². The lowest BCUT2D eigenvalue weighted by atomic mass is 10.0. The second kappa shape index (κ2) is 9.70. The molecule has 3 aromatic rings. The van der Waals surface area contributed by atoms with E-state index in [1.165, 1.54) is 29.4 Å². The first kappa shape index (κ1) is 25.0. The van der Waals surface area contributed by atoms with Crippen LogP contribution in [-0.4, -0.2) is 45.4 Å². The molecule has 0 spiro atoms. The van der Waals surface area contributed by atoms with Crippen molar-refractivity contribution in [2.45, 2.75) is 31.1 Å².